The smallest absolute Gasteiger partial charge is 0.265 e. The Labute approximate surface area is 151 Å². The van der Waals surface area contributed by atoms with Crippen LogP contribution in [-0.4, -0.2) is 25.4 Å². The van der Waals surface area contributed by atoms with Gasteiger partial charge in [0.05, 0.1) is 11.3 Å². The van der Waals surface area contributed by atoms with E-state index in [9.17, 15) is 4.79 Å². The third-order valence-corrected chi connectivity index (χ3v) is 6.28. The number of aromatic nitrogens is 4. The number of thioether (sulfide) groups is 1. The van der Waals surface area contributed by atoms with Crippen LogP contribution in [0.25, 0.3) is 17.0 Å². The molecule has 0 fully saturated rings. The molecule has 0 aliphatic heterocycles. The van der Waals surface area contributed by atoms with E-state index in [1.165, 1.54) is 17.3 Å². The van der Waals surface area contributed by atoms with Crippen LogP contribution in [0.4, 0.5) is 0 Å². The number of aryl methyl sites for hydroxylation is 1. The molecule has 4 rings (SSSR count). The Balaban J connectivity index is 2.20. The van der Waals surface area contributed by atoms with Gasteiger partial charge in [-0.15, -0.1) is 5.10 Å². The number of fused-ring (bicyclic) bond motifs is 4. The molecule has 0 amide bonds. The highest BCUT2D eigenvalue weighted by molar-refractivity contribution is 7.98. The fraction of sp³-hybridized carbons (Fsp3) is 0.421. The van der Waals surface area contributed by atoms with E-state index in [0.717, 1.165) is 36.1 Å². The molecule has 0 saturated heterocycles. The van der Waals surface area contributed by atoms with Crippen LogP contribution >= 0.6 is 11.8 Å². The first-order valence-electron chi connectivity index (χ1n) is 8.68. The molecule has 2 heterocycles. The highest BCUT2D eigenvalue weighted by Gasteiger charge is 2.40. The average Bonchev–Trinajstić information content (AvgIpc) is 2.97. The highest BCUT2D eigenvalue weighted by atomic mass is 32.2. The molecule has 1 aliphatic rings. The van der Waals surface area contributed by atoms with Gasteiger partial charge < -0.3 is 0 Å². The van der Waals surface area contributed by atoms with Crippen molar-refractivity contribution >= 4 is 17.5 Å². The molecule has 25 heavy (non-hydrogen) atoms. The maximum absolute atomic E-state index is 13.6. The van der Waals surface area contributed by atoms with E-state index in [0.29, 0.717) is 10.9 Å². The molecule has 3 aromatic rings. The maximum Gasteiger partial charge on any atom is 0.265 e. The summed E-state index contributed by atoms with van der Waals surface area (Å²) in [6, 6.07) is 8.34. The zero-order valence-electron chi connectivity index (χ0n) is 15.0. The van der Waals surface area contributed by atoms with Crippen molar-refractivity contribution in [2.75, 3.05) is 6.26 Å². The summed E-state index contributed by atoms with van der Waals surface area (Å²) >= 11 is 1.48. The number of benzene rings is 1. The molecule has 0 bridgehead atoms. The third-order valence-electron chi connectivity index (χ3n) is 5.65. The second-order valence-corrected chi connectivity index (χ2v) is 7.48. The summed E-state index contributed by atoms with van der Waals surface area (Å²) in [7, 11) is 1.84. The van der Waals surface area contributed by atoms with Gasteiger partial charge in [-0.3, -0.25) is 4.79 Å². The highest BCUT2D eigenvalue weighted by Crippen LogP contribution is 2.44. The fourth-order valence-electron chi connectivity index (χ4n) is 4.13. The topological polar surface area (TPSA) is 52.2 Å². The van der Waals surface area contributed by atoms with Crippen molar-refractivity contribution in [2.45, 2.75) is 43.7 Å². The molecule has 6 heteroatoms. The Morgan fingerprint density at radius 1 is 1.24 bits per heavy atom. The van der Waals surface area contributed by atoms with Crippen molar-refractivity contribution in [3.63, 3.8) is 0 Å². The second kappa shape index (κ2) is 5.73. The van der Waals surface area contributed by atoms with Gasteiger partial charge in [0.15, 0.2) is 5.16 Å². The number of hydrogen-bond acceptors (Lipinski definition) is 4. The minimum absolute atomic E-state index is 0.0376. The summed E-state index contributed by atoms with van der Waals surface area (Å²) in [5.41, 5.74) is 3.93. The molecular weight excluding hydrogens is 332 g/mol. The van der Waals surface area contributed by atoms with Crippen molar-refractivity contribution in [2.24, 2.45) is 7.05 Å². The van der Waals surface area contributed by atoms with Gasteiger partial charge in [0.25, 0.3) is 5.56 Å². The molecule has 0 atom stereocenters. The van der Waals surface area contributed by atoms with Crippen molar-refractivity contribution in [3.8, 4) is 11.3 Å². The predicted octanol–water partition coefficient (Wildman–Crippen LogP) is 3.43. The lowest BCUT2D eigenvalue weighted by molar-refractivity contribution is 0.382. The molecule has 0 N–H and O–H groups in total. The van der Waals surface area contributed by atoms with Crippen LogP contribution in [0.1, 0.15) is 37.8 Å². The lowest BCUT2D eigenvalue weighted by Crippen LogP contribution is -2.39. The van der Waals surface area contributed by atoms with E-state index in [2.05, 4.69) is 37.1 Å². The van der Waals surface area contributed by atoms with Crippen LogP contribution in [0.5, 0.6) is 0 Å². The SMILES string of the molecule is CCC1(CC)Cc2ccccc2-c2nc3n(C)nc(SC)n3c(=O)c21. The van der Waals surface area contributed by atoms with Gasteiger partial charge in [-0.25, -0.2) is 14.1 Å². The normalized spacial score (nSPS) is 15.2. The molecule has 1 aliphatic carbocycles. The quantitative estimate of drug-likeness (QED) is 0.676. The summed E-state index contributed by atoms with van der Waals surface area (Å²) in [4.78, 5) is 18.5. The first kappa shape index (κ1) is 16.4. The standard InChI is InChI=1S/C19H22N4OS/c1-5-19(6-2)11-12-9-7-8-10-13(12)15-14(19)16(24)23-17(20-15)22(3)21-18(23)25-4/h7-10H,5-6,11H2,1-4H3. The van der Waals surface area contributed by atoms with Gasteiger partial charge in [0.2, 0.25) is 5.78 Å². The van der Waals surface area contributed by atoms with Gasteiger partial charge >= 0.3 is 0 Å². The third kappa shape index (κ3) is 2.13. The summed E-state index contributed by atoms with van der Waals surface area (Å²) in [5, 5.41) is 5.17. The van der Waals surface area contributed by atoms with Crippen LogP contribution in [0, 0.1) is 0 Å². The first-order valence-corrected chi connectivity index (χ1v) is 9.91. The number of hydrogen-bond donors (Lipinski definition) is 0. The Morgan fingerprint density at radius 3 is 2.64 bits per heavy atom. The van der Waals surface area contributed by atoms with Crippen LogP contribution < -0.4 is 5.56 Å². The van der Waals surface area contributed by atoms with Gasteiger partial charge in [-0.2, -0.15) is 0 Å². The molecule has 0 radical (unpaired) electrons. The second-order valence-electron chi connectivity index (χ2n) is 6.71. The van der Waals surface area contributed by atoms with Gasteiger partial charge in [0, 0.05) is 18.0 Å². The van der Waals surface area contributed by atoms with Crippen LogP contribution in [0.2, 0.25) is 0 Å². The molecule has 2 aromatic heterocycles. The maximum atomic E-state index is 13.6. The predicted molar refractivity (Wildman–Crippen MR) is 101 cm³/mol. The first-order chi connectivity index (χ1) is 12.1. The summed E-state index contributed by atoms with van der Waals surface area (Å²) in [6.45, 7) is 4.35. The van der Waals surface area contributed by atoms with E-state index in [1.54, 1.807) is 9.08 Å². The zero-order valence-corrected chi connectivity index (χ0v) is 15.9. The lowest BCUT2D eigenvalue weighted by Gasteiger charge is -2.37. The van der Waals surface area contributed by atoms with E-state index in [1.807, 2.05) is 19.4 Å². The Morgan fingerprint density at radius 2 is 1.96 bits per heavy atom. The summed E-state index contributed by atoms with van der Waals surface area (Å²) < 4.78 is 3.38. The van der Waals surface area contributed by atoms with Crippen LogP contribution in [0.15, 0.2) is 34.2 Å². The largest absolute Gasteiger partial charge is 0.268 e. The lowest BCUT2D eigenvalue weighted by atomic mass is 9.66. The van der Waals surface area contributed by atoms with Gasteiger partial charge in [0.1, 0.15) is 0 Å². The van der Waals surface area contributed by atoms with Gasteiger partial charge in [-0.1, -0.05) is 49.9 Å². The molecule has 0 spiro atoms. The molecule has 5 nitrogen and oxygen atoms in total. The summed E-state index contributed by atoms with van der Waals surface area (Å²) in [6.07, 6.45) is 4.67. The van der Waals surface area contributed by atoms with Crippen molar-refractivity contribution in [1.82, 2.24) is 19.2 Å². The fourth-order valence-corrected chi connectivity index (χ4v) is 4.69. The Bertz CT molecular complexity index is 1030. The van der Waals surface area contributed by atoms with E-state index >= 15 is 0 Å². The molecule has 130 valence electrons. The van der Waals surface area contributed by atoms with E-state index in [-0.39, 0.29) is 11.0 Å². The molecule has 0 saturated carbocycles. The van der Waals surface area contributed by atoms with Crippen LogP contribution in [-0.2, 0) is 18.9 Å². The van der Waals surface area contributed by atoms with Crippen LogP contribution in [0.3, 0.4) is 0 Å². The monoisotopic (exact) mass is 354 g/mol. The minimum atomic E-state index is -0.166. The Kier molecular flexibility index (Phi) is 3.76. The number of rotatable bonds is 3. The summed E-state index contributed by atoms with van der Waals surface area (Å²) in [5.74, 6) is 0.603. The van der Waals surface area contributed by atoms with Crippen molar-refractivity contribution < 1.29 is 0 Å². The Hall–Kier alpha value is -2.08. The van der Waals surface area contributed by atoms with Crippen molar-refractivity contribution in [3.05, 3.63) is 45.7 Å². The molecule has 1 aromatic carbocycles. The van der Waals surface area contributed by atoms with E-state index < -0.39 is 0 Å². The molecular formula is C19H22N4OS. The molecule has 0 unspecified atom stereocenters. The minimum Gasteiger partial charge on any atom is -0.268 e. The number of nitrogens with zero attached hydrogens (tertiary/aromatic N) is 4. The van der Waals surface area contributed by atoms with E-state index in [4.69, 9.17) is 4.98 Å². The average molecular weight is 354 g/mol. The zero-order chi connectivity index (χ0) is 17.8. The van der Waals surface area contributed by atoms with Crippen molar-refractivity contribution in [1.29, 1.82) is 0 Å². The van der Waals surface area contributed by atoms with Gasteiger partial charge in [-0.05, 0) is 31.1 Å².